The maximum absolute atomic E-state index is 12.3. The topological polar surface area (TPSA) is 86.5 Å². The zero-order chi connectivity index (χ0) is 20.1. The number of carbonyl (C=O) groups excluding carboxylic acids is 1. The summed E-state index contributed by atoms with van der Waals surface area (Å²) in [6.07, 6.45) is 1.75. The molecule has 7 nitrogen and oxygen atoms in total. The van der Waals surface area contributed by atoms with Gasteiger partial charge < -0.3 is 19.3 Å². The quantitative estimate of drug-likeness (QED) is 0.518. The Morgan fingerprint density at radius 3 is 2.86 bits per heavy atom. The van der Waals surface area contributed by atoms with Crippen LogP contribution in [0.15, 0.2) is 71.4 Å². The summed E-state index contributed by atoms with van der Waals surface area (Å²) in [6, 6.07) is 18.5. The highest BCUT2D eigenvalue weighted by Crippen LogP contribution is 2.20. The van der Waals surface area contributed by atoms with E-state index < -0.39 is 0 Å². The van der Waals surface area contributed by atoms with E-state index >= 15 is 0 Å². The van der Waals surface area contributed by atoms with Crippen LogP contribution in [0.5, 0.6) is 11.5 Å². The van der Waals surface area contributed by atoms with Crippen LogP contribution in [0.1, 0.15) is 21.8 Å². The van der Waals surface area contributed by atoms with Crippen molar-refractivity contribution in [1.29, 1.82) is 0 Å². The second kappa shape index (κ2) is 8.43. The Balaban J connectivity index is 1.33. The number of nitrogens with one attached hydrogen (secondary N) is 1. The van der Waals surface area contributed by atoms with Gasteiger partial charge in [0.2, 0.25) is 0 Å². The Morgan fingerprint density at radius 1 is 1.07 bits per heavy atom. The van der Waals surface area contributed by atoms with Crippen molar-refractivity contribution < 1.29 is 18.8 Å². The molecule has 4 rings (SSSR count). The Morgan fingerprint density at radius 2 is 1.97 bits per heavy atom. The van der Waals surface area contributed by atoms with E-state index in [0.717, 1.165) is 16.5 Å². The molecule has 0 radical (unpaired) electrons. The van der Waals surface area contributed by atoms with Crippen LogP contribution in [-0.4, -0.2) is 23.2 Å². The Labute approximate surface area is 167 Å². The van der Waals surface area contributed by atoms with Gasteiger partial charge in [0.15, 0.2) is 11.5 Å². The first-order valence-corrected chi connectivity index (χ1v) is 9.05. The van der Waals surface area contributed by atoms with Gasteiger partial charge in [0, 0.05) is 30.3 Å². The number of methoxy groups -OCH3 is 1. The highest BCUT2D eigenvalue weighted by molar-refractivity contribution is 5.92. The molecule has 29 heavy (non-hydrogen) atoms. The molecule has 0 saturated carbocycles. The lowest BCUT2D eigenvalue weighted by molar-refractivity contribution is 0.0941. The van der Waals surface area contributed by atoms with E-state index in [1.54, 1.807) is 25.4 Å². The minimum atomic E-state index is -0.312. The fraction of sp³-hybridized carbons (Fsp3) is 0.136. The zero-order valence-corrected chi connectivity index (χ0v) is 15.8. The smallest absolute Gasteiger partial charge is 0.273 e. The van der Waals surface area contributed by atoms with Crippen molar-refractivity contribution in [3.8, 4) is 11.5 Å². The Kier molecular flexibility index (Phi) is 5.38. The molecule has 7 heteroatoms. The summed E-state index contributed by atoms with van der Waals surface area (Å²) >= 11 is 0. The van der Waals surface area contributed by atoms with E-state index in [2.05, 4.69) is 15.5 Å². The molecule has 4 aromatic rings. The maximum atomic E-state index is 12.3. The minimum Gasteiger partial charge on any atom is -0.497 e. The summed E-state index contributed by atoms with van der Waals surface area (Å²) in [6.45, 7) is 0.539. The molecule has 0 unspecified atom stereocenters. The third kappa shape index (κ3) is 4.52. The monoisotopic (exact) mass is 389 g/mol. The number of fused-ring (bicyclic) bond motifs is 1. The van der Waals surface area contributed by atoms with Crippen LogP contribution in [0.2, 0.25) is 0 Å². The standard InChI is InChI=1S/C22H19N3O4/c1-27-17-5-2-6-18(11-17)28-14-19-12-21(25-29-19)22(26)24-13-15-7-8-20-16(10-15)4-3-9-23-20/h2-12H,13-14H2,1H3,(H,24,26). The molecule has 2 heterocycles. The lowest BCUT2D eigenvalue weighted by Crippen LogP contribution is -2.23. The molecule has 0 bridgehead atoms. The van der Waals surface area contributed by atoms with Crippen molar-refractivity contribution in [2.24, 2.45) is 0 Å². The molecule has 0 saturated heterocycles. The number of nitrogens with zero attached hydrogens (tertiary/aromatic N) is 2. The summed E-state index contributed by atoms with van der Waals surface area (Å²) < 4.78 is 16.0. The molecule has 0 aliphatic carbocycles. The number of hydrogen-bond acceptors (Lipinski definition) is 6. The van der Waals surface area contributed by atoms with Gasteiger partial charge in [-0.3, -0.25) is 9.78 Å². The van der Waals surface area contributed by atoms with Crippen molar-refractivity contribution in [2.45, 2.75) is 13.2 Å². The molecule has 0 atom stereocenters. The van der Waals surface area contributed by atoms with Crippen LogP contribution in [0.3, 0.4) is 0 Å². The Bertz CT molecular complexity index is 1140. The van der Waals surface area contributed by atoms with Crippen LogP contribution in [0.25, 0.3) is 10.9 Å². The van der Waals surface area contributed by atoms with Gasteiger partial charge in [-0.05, 0) is 35.9 Å². The van der Waals surface area contributed by atoms with Crippen molar-refractivity contribution in [1.82, 2.24) is 15.5 Å². The number of carbonyl (C=O) groups is 1. The fourth-order valence-electron chi connectivity index (χ4n) is 2.84. The second-order valence-electron chi connectivity index (χ2n) is 6.36. The maximum Gasteiger partial charge on any atom is 0.273 e. The third-order valence-electron chi connectivity index (χ3n) is 4.33. The molecule has 2 aromatic carbocycles. The largest absolute Gasteiger partial charge is 0.497 e. The van der Waals surface area contributed by atoms with Crippen LogP contribution in [-0.2, 0) is 13.2 Å². The van der Waals surface area contributed by atoms with Crippen molar-refractivity contribution in [2.75, 3.05) is 7.11 Å². The van der Waals surface area contributed by atoms with Crippen LogP contribution >= 0.6 is 0 Å². The van der Waals surface area contributed by atoms with E-state index in [0.29, 0.717) is 23.8 Å². The van der Waals surface area contributed by atoms with Gasteiger partial charge in [-0.1, -0.05) is 23.4 Å². The summed E-state index contributed by atoms with van der Waals surface area (Å²) in [7, 11) is 1.59. The summed E-state index contributed by atoms with van der Waals surface area (Å²) in [5.41, 5.74) is 2.10. The SMILES string of the molecule is COc1cccc(OCc2cc(C(=O)NCc3ccc4ncccc4c3)no2)c1. The normalized spacial score (nSPS) is 10.7. The van der Waals surface area contributed by atoms with Crippen molar-refractivity contribution >= 4 is 16.8 Å². The predicted octanol–water partition coefficient (Wildman–Crippen LogP) is 3.74. The van der Waals surface area contributed by atoms with E-state index in [4.69, 9.17) is 14.0 Å². The number of aromatic nitrogens is 2. The number of hydrogen-bond donors (Lipinski definition) is 1. The Hall–Kier alpha value is -3.87. The summed E-state index contributed by atoms with van der Waals surface area (Å²) in [4.78, 5) is 16.6. The van der Waals surface area contributed by atoms with E-state index in [1.807, 2.05) is 48.5 Å². The highest BCUT2D eigenvalue weighted by Gasteiger charge is 2.13. The average Bonchev–Trinajstić information content (AvgIpc) is 3.25. The molecule has 1 N–H and O–H groups in total. The van der Waals surface area contributed by atoms with Crippen LogP contribution < -0.4 is 14.8 Å². The highest BCUT2D eigenvalue weighted by atomic mass is 16.5. The predicted molar refractivity (Wildman–Crippen MR) is 107 cm³/mol. The number of rotatable bonds is 7. The second-order valence-corrected chi connectivity index (χ2v) is 6.36. The third-order valence-corrected chi connectivity index (χ3v) is 4.33. The first-order valence-electron chi connectivity index (χ1n) is 9.05. The molecule has 0 aliphatic heterocycles. The molecule has 2 aromatic heterocycles. The number of pyridine rings is 1. The first-order chi connectivity index (χ1) is 14.2. The molecule has 0 fully saturated rings. The summed E-state index contributed by atoms with van der Waals surface area (Å²) in [5, 5.41) is 7.69. The zero-order valence-electron chi connectivity index (χ0n) is 15.8. The van der Waals surface area contributed by atoms with E-state index in [1.165, 1.54) is 0 Å². The summed E-state index contributed by atoms with van der Waals surface area (Å²) in [5.74, 6) is 1.48. The molecule has 0 aliphatic rings. The fourth-order valence-corrected chi connectivity index (χ4v) is 2.84. The molecule has 146 valence electrons. The van der Waals surface area contributed by atoms with Gasteiger partial charge in [-0.2, -0.15) is 0 Å². The van der Waals surface area contributed by atoms with Crippen LogP contribution in [0, 0.1) is 0 Å². The van der Waals surface area contributed by atoms with Crippen LogP contribution in [0.4, 0.5) is 0 Å². The molecular formula is C22H19N3O4. The van der Waals surface area contributed by atoms with Gasteiger partial charge in [0.1, 0.15) is 18.1 Å². The van der Waals surface area contributed by atoms with Gasteiger partial charge in [0.25, 0.3) is 5.91 Å². The number of ether oxygens (including phenoxy) is 2. The van der Waals surface area contributed by atoms with Gasteiger partial charge in [0.05, 0.1) is 12.6 Å². The number of amides is 1. The lowest BCUT2D eigenvalue weighted by atomic mass is 10.1. The van der Waals surface area contributed by atoms with Gasteiger partial charge in [-0.25, -0.2) is 0 Å². The van der Waals surface area contributed by atoms with E-state index in [9.17, 15) is 4.79 Å². The minimum absolute atomic E-state index is 0.158. The average molecular weight is 389 g/mol. The van der Waals surface area contributed by atoms with Crippen molar-refractivity contribution in [3.63, 3.8) is 0 Å². The molecule has 1 amide bonds. The molecular weight excluding hydrogens is 370 g/mol. The number of benzene rings is 2. The van der Waals surface area contributed by atoms with Gasteiger partial charge in [-0.15, -0.1) is 0 Å². The van der Waals surface area contributed by atoms with E-state index in [-0.39, 0.29) is 18.2 Å². The van der Waals surface area contributed by atoms with Crippen molar-refractivity contribution in [3.05, 3.63) is 83.9 Å². The first kappa shape index (κ1) is 18.5. The molecule has 0 spiro atoms. The van der Waals surface area contributed by atoms with Gasteiger partial charge >= 0.3 is 0 Å². The lowest BCUT2D eigenvalue weighted by Gasteiger charge is -2.05.